The van der Waals surface area contributed by atoms with Crippen molar-refractivity contribution in [2.45, 2.75) is 25.2 Å². The first kappa shape index (κ1) is 20.5. The third-order valence-corrected chi connectivity index (χ3v) is 6.42. The van der Waals surface area contributed by atoms with E-state index in [0.717, 1.165) is 18.4 Å². The molecule has 0 bridgehead atoms. The Bertz CT molecular complexity index is 1670. The van der Waals surface area contributed by atoms with Gasteiger partial charge < -0.3 is 9.40 Å². The second-order valence-electron chi connectivity index (χ2n) is 8.02. The zero-order valence-electron chi connectivity index (χ0n) is 16.8. The minimum atomic E-state index is -0.525. The van der Waals surface area contributed by atoms with Gasteiger partial charge in [-0.3, -0.25) is 9.78 Å². The van der Waals surface area contributed by atoms with E-state index in [-0.39, 0.29) is 11.5 Å². The van der Waals surface area contributed by atoms with Crippen LogP contribution in [0.2, 0.25) is 15.1 Å². The van der Waals surface area contributed by atoms with E-state index in [9.17, 15) is 9.59 Å². The average Bonchev–Trinajstić information content (AvgIpc) is 3.42. The number of nitrogens with zero attached hydrogens (tertiary/aromatic N) is 3. The van der Waals surface area contributed by atoms with Crippen LogP contribution in [0.1, 0.15) is 35.8 Å². The fourth-order valence-corrected chi connectivity index (χ4v) is 4.99. The lowest BCUT2D eigenvalue weighted by Gasteiger charge is -2.09. The number of aromatic amines is 2. The highest BCUT2D eigenvalue weighted by Gasteiger charge is 2.32. The van der Waals surface area contributed by atoms with Crippen LogP contribution in [0.25, 0.3) is 27.8 Å². The van der Waals surface area contributed by atoms with Crippen molar-refractivity contribution in [3.63, 3.8) is 0 Å². The number of fused-ring (bicyclic) bond motifs is 2. The van der Waals surface area contributed by atoms with E-state index in [4.69, 9.17) is 49.3 Å². The van der Waals surface area contributed by atoms with Gasteiger partial charge in [0.2, 0.25) is 0 Å². The van der Waals surface area contributed by atoms with Crippen LogP contribution >= 0.6 is 34.8 Å². The third kappa shape index (κ3) is 3.55. The molecule has 2 aromatic carbocycles. The van der Waals surface area contributed by atoms with Crippen LogP contribution in [0, 0.1) is 0 Å². The van der Waals surface area contributed by atoms with Crippen molar-refractivity contribution in [3.8, 4) is 5.69 Å². The number of oxazole rings is 1. The number of rotatable bonds is 4. The molecule has 33 heavy (non-hydrogen) atoms. The lowest BCUT2D eigenvalue weighted by atomic mass is 10.1. The van der Waals surface area contributed by atoms with Gasteiger partial charge in [0.15, 0.2) is 11.2 Å². The van der Waals surface area contributed by atoms with Crippen LogP contribution in [0.3, 0.4) is 0 Å². The van der Waals surface area contributed by atoms with Crippen LogP contribution in [-0.2, 0) is 6.42 Å². The fraction of sp³-hybridized carbons (Fsp3) is 0.182. The van der Waals surface area contributed by atoms with Crippen molar-refractivity contribution in [2.75, 3.05) is 0 Å². The molecule has 11 heteroatoms. The number of hydrogen-bond acceptors (Lipinski definition) is 5. The van der Waals surface area contributed by atoms with Crippen LogP contribution in [0.5, 0.6) is 0 Å². The van der Waals surface area contributed by atoms with E-state index >= 15 is 0 Å². The molecule has 2 N–H and O–H groups in total. The molecule has 1 fully saturated rings. The van der Waals surface area contributed by atoms with E-state index < -0.39 is 5.76 Å². The van der Waals surface area contributed by atoms with Crippen molar-refractivity contribution < 1.29 is 4.42 Å². The molecule has 0 aliphatic heterocycles. The molecule has 0 spiro atoms. The Kier molecular flexibility index (Phi) is 4.65. The second kappa shape index (κ2) is 7.48. The molecule has 1 aliphatic rings. The normalized spacial score (nSPS) is 13.9. The molecule has 0 saturated heterocycles. The summed E-state index contributed by atoms with van der Waals surface area (Å²) in [5.74, 6) is 0.110. The highest BCUT2D eigenvalue weighted by Crippen LogP contribution is 2.43. The predicted molar refractivity (Wildman–Crippen MR) is 126 cm³/mol. The first-order chi connectivity index (χ1) is 15.9. The number of benzene rings is 2. The van der Waals surface area contributed by atoms with Gasteiger partial charge in [0.1, 0.15) is 16.9 Å². The van der Waals surface area contributed by atoms with Crippen molar-refractivity contribution in [3.05, 3.63) is 83.4 Å². The lowest BCUT2D eigenvalue weighted by molar-refractivity contribution is 0.555. The molecule has 3 aromatic heterocycles. The van der Waals surface area contributed by atoms with Gasteiger partial charge in [-0.25, -0.2) is 14.5 Å². The van der Waals surface area contributed by atoms with Crippen molar-refractivity contribution >= 4 is 56.9 Å². The van der Waals surface area contributed by atoms with Gasteiger partial charge in [0, 0.05) is 17.4 Å². The molecule has 0 radical (unpaired) electrons. The molecule has 3 heterocycles. The first-order valence-electron chi connectivity index (χ1n) is 10.2. The van der Waals surface area contributed by atoms with Gasteiger partial charge in [0.05, 0.1) is 21.3 Å². The highest BCUT2D eigenvalue weighted by molar-refractivity contribution is 6.40. The summed E-state index contributed by atoms with van der Waals surface area (Å²) in [5.41, 5.74) is 3.06. The summed E-state index contributed by atoms with van der Waals surface area (Å²) in [6.45, 7) is 0. The third-order valence-electron chi connectivity index (χ3n) is 5.63. The Morgan fingerprint density at radius 1 is 1.06 bits per heavy atom. The van der Waals surface area contributed by atoms with E-state index in [1.807, 2.05) is 6.07 Å². The van der Waals surface area contributed by atoms with Gasteiger partial charge in [0.25, 0.3) is 5.56 Å². The molecule has 1 saturated carbocycles. The molecule has 0 amide bonds. The van der Waals surface area contributed by atoms with Gasteiger partial charge in [-0.2, -0.15) is 5.10 Å². The zero-order chi connectivity index (χ0) is 22.9. The molecular weight excluding hydrogens is 489 g/mol. The summed E-state index contributed by atoms with van der Waals surface area (Å²) in [6.07, 6.45) is 2.23. The average molecular weight is 503 g/mol. The SMILES string of the molecule is O=c1[nH]c2cc(Cc3nc4c(c(C5CC5)nn4-c4c(Cl)cc(Cl)cc4Cl)c(=O)[nH]3)ccc2o1. The van der Waals surface area contributed by atoms with Crippen LogP contribution in [0.15, 0.2) is 44.3 Å². The Hall–Kier alpha value is -3.07. The minimum absolute atomic E-state index is 0.202. The Balaban J connectivity index is 1.53. The summed E-state index contributed by atoms with van der Waals surface area (Å²) in [6, 6.07) is 8.43. The molecule has 1 aliphatic carbocycles. The van der Waals surface area contributed by atoms with E-state index in [1.165, 1.54) is 4.68 Å². The van der Waals surface area contributed by atoms with Crippen molar-refractivity contribution in [1.29, 1.82) is 0 Å². The molecule has 6 rings (SSSR count). The fourth-order valence-electron chi connectivity index (χ4n) is 4.02. The molecular formula is C22H14Cl3N5O3. The summed E-state index contributed by atoms with van der Waals surface area (Å²) in [5, 5.41) is 6.13. The van der Waals surface area contributed by atoms with Crippen molar-refractivity contribution in [2.24, 2.45) is 0 Å². The molecule has 0 atom stereocenters. The number of halogens is 3. The summed E-state index contributed by atoms with van der Waals surface area (Å²) < 4.78 is 6.57. The lowest BCUT2D eigenvalue weighted by Crippen LogP contribution is -2.13. The summed E-state index contributed by atoms with van der Waals surface area (Å²) >= 11 is 19.0. The summed E-state index contributed by atoms with van der Waals surface area (Å²) in [7, 11) is 0. The Morgan fingerprint density at radius 2 is 1.82 bits per heavy atom. The Labute approximate surface area is 200 Å². The van der Waals surface area contributed by atoms with E-state index in [1.54, 1.807) is 24.3 Å². The number of hydrogen-bond donors (Lipinski definition) is 2. The van der Waals surface area contributed by atoms with Gasteiger partial charge in [-0.05, 0) is 42.7 Å². The standard InChI is InChI=1S/C22H14Cl3N5O3/c23-11-7-12(24)19(13(25)8-11)30-20-17(18(29-30)10-2-3-10)21(31)28-16(27-20)6-9-1-4-15-14(5-9)26-22(32)33-15/h1,4-5,7-8,10H,2-3,6H2,(H,26,32)(H,27,28,31). The molecule has 8 nitrogen and oxygen atoms in total. The van der Waals surface area contributed by atoms with E-state index in [2.05, 4.69) is 9.97 Å². The smallest absolute Gasteiger partial charge is 0.408 e. The molecule has 166 valence electrons. The van der Waals surface area contributed by atoms with Crippen molar-refractivity contribution in [1.82, 2.24) is 24.7 Å². The predicted octanol–water partition coefficient (Wildman–Crippen LogP) is 4.97. The largest absolute Gasteiger partial charge is 0.417 e. The molecule has 5 aromatic rings. The maximum Gasteiger partial charge on any atom is 0.417 e. The zero-order valence-corrected chi connectivity index (χ0v) is 19.1. The van der Waals surface area contributed by atoms with Gasteiger partial charge in [-0.1, -0.05) is 40.9 Å². The number of H-pyrrole nitrogens is 2. The minimum Gasteiger partial charge on any atom is -0.408 e. The maximum atomic E-state index is 13.1. The van der Waals surface area contributed by atoms with E-state index in [0.29, 0.717) is 60.8 Å². The van der Waals surface area contributed by atoms with Gasteiger partial charge in [-0.15, -0.1) is 0 Å². The van der Waals surface area contributed by atoms with Crippen LogP contribution < -0.4 is 11.3 Å². The number of nitrogens with one attached hydrogen (secondary N) is 2. The van der Waals surface area contributed by atoms with Gasteiger partial charge >= 0.3 is 5.76 Å². The topological polar surface area (TPSA) is 110 Å². The first-order valence-corrected chi connectivity index (χ1v) is 11.3. The Morgan fingerprint density at radius 3 is 2.55 bits per heavy atom. The quantitative estimate of drug-likeness (QED) is 0.360. The second-order valence-corrected chi connectivity index (χ2v) is 9.27. The van der Waals surface area contributed by atoms with Crippen LogP contribution in [0.4, 0.5) is 0 Å². The summed E-state index contributed by atoms with van der Waals surface area (Å²) in [4.78, 5) is 34.8. The molecule has 0 unspecified atom stereocenters. The maximum absolute atomic E-state index is 13.1. The van der Waals surface area contributed by atoms with Crippen LogP contribution in [-0.4, -0.2) is 24.7 Å². The monoisotopic (exact) mass is 501 g/mol. The highest BCUT2D eigenvalue weighted by atomic mass is 35.5. The number of aromatic nitrogens is 5.